The second-order valence-electron chi connectivity index (χ2n) is 10.8. The van der Waals surface area contributed by atoms with Crippen LogP contribution in [0, 0.1) is 11.3 Å². The molecular weight excluding hydrogens is 448 g/mol. The van der Waals surface area contributed by atoms with Gasteiger partial charge in [0.1, 0.15) is 5.82 Å². The van der Waals surface area contributed by atoms with Crippen LogP contribution in [-0.4, -0.2) is 69.7 Å². The Morgan fingerprint density at radius 3 is 2.42 bits per heavy atom. The zero-order chi connectivity index (χ0) is 25.9. The second-order valence-corrected chi connectivity index (χ2v) is 10.8. The molecule has 0 unspecified atom stereocenters. The highest BCUT2D eigenvalue weighted by molar-refractivity contribution is 6.25. The largest absolute Gasteiger partial charge is 0.401 e. The molecule has 0 aromatic carbocycles. The van der Waals surface area contributed by atoms with Crippen molar-refractivity contribution >= 4 is 23.1 Å². The number of nitrogens with two attached hydrogens (primary N) is 1. The number of anilines is 2. The van der Waals surface area contributed by atoms with Crippen molar-refractivity contribution in [3.63, 3.8) is 0 Å². The van der Waals surface area contributed by atoms with Crippen molar-refractivity contribution in [1.29, 1.82) is 0 Å². The maximum Gasteiger partial charge on any atom is 0.228 e. The molecule has 3 N–H and O–H groups in total. The lowest BCUT2D eigenvalue weighted by molar-refractivity contribution is 0.132. The van der Waals surface area contributed by atoms with Crippen molar-refractivity contribution in [1.82, 2.24) is 24.8 Å². The Morgan fingerprint density at radius 1 is 1.08 bits per heavy atom. The highest BCUT2D eigenvalue weighted by atomic mass is 15.3. The van der Waals surface area contributed by atoms with Crippen LogP contribution in [0.15, 0.2) is 35.2 Å². The molecule has 2 aromatic heterocycles. The number of allylic oxidation sites excluding steroid dienone is 2. The number of aromatic nitrogens is 3. The van der Waals surface area contributed by atoms with E-state index in [-0.39, 0.29) is 11.3 Å². The number of nitrogens with zero attached hydrogens (tertiary/aromatic N) is 6. The van der Waals surface area contributed by atoms with Crippen LogP contribution in [-0.2, 0) is 13.0 Å². The molecule has 0 atom stereocenters. The molecular formula is C28H42N8. The first-order valence-corrected chi connectivity index (χ1v) is 13.3. The Kier molecular flexibility index (Phi) is 8.05. The molecule has 1 aliphatic heterocycles. The molecule has 8 nitrogen and oxygen atoms in total. The van der Waals surface area contributed by atoms with Crippen LogP contribution in [0.5, 0.6) is 0 Å². The summed E-state index contributed by atoms with van der Waals surface area (Å²) in [7, 11) is 0. The van der Waals surface area contributed by atoms with E-state index in [4.69, 9.17) is 15.7 Å². The maximum absolute atomic E-state index is 6.75. The van der Waals surface area contributed by atoms with Crippen LogP contribution in [0.2, 0.25) is 0 Å². The molecule has 194 valence electrons. The molecule has 0 radical (unpaired) electrons. The summed E-state index contributed by atoms with van der Waals surface area (Å²) < 4.78 is 0. The fourth-order valence-corrected chi connectivity index (χ4v) is 5.06. The Balaban J connectivity index is 1.53. The van der Waals surface area contributed by atoms with Crippen LogP contribution in [0.3, 0.4) is 0 Å². The standard InChI is InChI=1S/C28H42N8/c1-7-30-24(19(3)4)23-25-21(15-28(5,6)26(23)29)17-32-27(34-25)33-22-10-9-20(16-31-22)18-36-13-11-35(8-2)12-14-36/h9-10,16-17,19H,7-8,11-15,18,29H2,1-6H3,(H,31,32,33,34). The van der Waals surface area contributed by atoms with E-state index in [1.54, 1.807) is 0 Å². The minimum atomic E-state index is -0.176. The van der Waals surface area contributed by atoms with Crippen molar-refractivity contribution in [2.24, 2.45) is 22.1 Å². The molecule has 4 rings (SSSR count). The first-order chi connectivity index (χ1) is 17.2. The number of hydrogen-bond donors (Lipinski definition) is 2. The zero-order valence-electron chi connectivity index (χ0n) is 22.8. The van der Waals surface area contributed by atoms with Gasteiger partial charge in [-0.3, -0.25) is 9.89 Å². The van der Waals surface area contributed by atoms with Gasteiger partial charge in [-0.2, -0.15) is 0 Å². The average Bonchev–Trinajstić information content (AvgIpc) is 2.86. The first kappa shape index (κ1) is 26.2. The number of hydrogen-bond acceptors (Lipinski definition) is 8. The van der Waals surface area contributed by atoms with Gasteiger partial charge in [0, 0.05) is 74.1 Å². The van der Waals surface area contributed by atoms with Crippen molar-refractivity contribution in [3.05, 3.63) is 47.0 Å². The monoisotopic (exact) mass is 490 g/mol. The van der Waals surface area contributed by atoms with E-state index in [1.165, 1.54) is 5.56 Å². The molecule has 8 heteroatoms. The molecule has 1 fully saturated rings. The van der Waals surface area contributed by atoms with E-state index < -0.39 is 0 Å². The van der Waals surface area contributed by atoms with Crippen molar-refractivity contribution in [3.8, 4) is 0 Å². The van der Waals surface area contributed by atoms with Gasteiger partial charge in [0.25, 0.3) is 0 Å². The highest BCUT2D eigenvalue weighted by Gasteiger charge is 2.35. The van der Waals surface area contributed by atoms with Gasteiger partial charge in [-0.1, -0.05) is 40.7 Å². The van der Waals surface area contributed by atoms with Crippen LogP contribution < -0.4 is 11.1 Å². The molecule has 3 heterocycles. The molecule has 2 aliphatic rings. The second kappa shape index (κ2) is 11.0. The minimum Gasteiger partial charge on any atom is -0.401 e. The Hall–Kier alpha value is -2.84. The summed E-state index contributed by atoms with van der Waals surface area (Å²) in [5, 5.41) is 3.30. The SMILES string of the molecule is CCN=C(C1=C(N)C(C)(C)Cc2cnc(Nc3ccc(CN4CCN(CC)CC4)cn3)nc21)C(C)C. The maximum atomic E-state index is 6.75. The van der Waals surface area contributed by atoms with E-state index in [1.807, 2.05) is 18.5 Å². The van der Waals surface area contributed by atoms with E-state index in [2.05, 4.69) is 72.7 Å². The molecule has 0 saturated carbocycles. The minimum absolute atomic E-state index is 0.176. The first-order valence-electron chi connectivity index (χ1n) is 13.3. The zero-order valence-corrected chi connectivity index (χ0v) is 22.8. The average molecular weight is 491 g/mol. The number of likely N-dealkylation sites (N-methyl/N-ethyl adjacent to an activating group) is 1. The fraction of sp³-hybridized carbons (Fsp3) is 0.571. The molecule has 2 aromatic rings. The fourth-order valence-electron chi connectivity index (χ4n) is 5.06. The van der Waals surface area contributed by atoms with Crippen molar-refractivity contribution in [2.45, 2.75) is 54.5 Å². The number of nitrogens with one attached hydrogen (secondary N) is 1. The smallest absolute Gasteiger partial charge is 0.228 e. The van der Waals surface area contributed by atoms with E-state index >= 15 is 0 Å². The predicted molar refractivity (Wildman–Crippen MR) is 148 cm³/mol. The molecule has 0 amide bonds. The van der Waals surface area contributed by atoms with Crippen LogP contribution in [0.1, 0.15) is 58.4 Å². The molecule has 0 spiro atoms. The summed E-state index contributed by atoms with van der Waals surface area (Å²) in [5.41, 5.74) is 12.6. The van der Waals surface area contributed by atoms with Gasteiger partial charge in [0.2, 0.25) is 5.95 Å². The molecule has 1 aliphatic carbocycles. The normalized spacial score (nSPS) is 19.0. The summed E-state index contributed by atoms with van der Waals surface area (Å²) in [6.45, 7) is 20.2. The highest BCUT2D eigenvalue weighted by Crippen LogP contribution is 2.41. The summed E-state index contributed by atoms with van der Waals surface area (Å²) in [6, 6.07) is 4.14. The van der Waals surface area contributed by atoms with E-state index in [9.17, 15) is 0 Å². The van der Waals surface area contributed by atoms with Gasteiger partial charge < -0.3 is 16.0 Å². The van der Waals surface area contributed by atoms with Gasteiger partial charge >= 0.3 is 0 Å². The van der Waals surface area contributed by atoms with Gasteiger partial charge in [0.15, 0.2) is 0 Å². The number of pyridine rings is 1. The van der Waals surface area contributed by atoms with Crippen molar-refractivity contribution in [2.75, 3.05) is 44.6 Å². The number of rotatable bonds is 8. The lowest BCUT2D eigenvalue weighted by atomic mass is 9.73. The van der Waals surface area contributed by atoms with E-state index in [0.29, 0.717) is 12.5 Å². The lowest BCUT2D eigenvalue weighted by Crippen LogP contribution is -2.45. The number of fused-ring (bicyclic) bond motifs is 1. The van der Waals surface area contributed by atoms with Crippen LogP contribution >= 0.6 is 0 Å². The summed E-state index contributed by atoms with van der Waals surface area (Å²) in [5.74, 6) is 1.50. The van der Waals surface area contributed by atoms with Gasteiger partial charge in [-0.15, -0.1) is 0 Å². The predicted octanol–water partition coefficient (Wildman–Crippen LogP) is 4.12. The van der Waals surface area contributed by atoms with Gasteiger partial charge in [0.05, 0.1) is 5.69 Å². The Bertz CT molecular complexity index is 1110. The van der Waals surface area contributed by atoms with Gasteiger partial charge in [-0.05, 0) is 43.0 Å². The van der Waals surface area contributed by atoms with E-state index in [0.717, 1.165) is 79.7 Å². The Labute approximate surface area is 216 Å². The van der Waals surface area contributed by atoms with Crippen LogP contribution in [0.4, 0.5) is 11.8 Å². The summed E-state index contributed by atoms with van der Waals surface area (Å²) >= 11 is 0. The lowest BCUT2D eigenvalue weighted by Gasteiger charge is -2.34. The van der Waals surface area contributed by atoms with Gasteiger partial charge in [-0.25, -0.2) is 15.0 Å². The summed E-state index contributed by atoms with van der Waals surface area (Å²) in [4.78, 5) is 24.0. The molecule has 0 bridgehead atoms. The summed E-state index contributed by atoms with van der Waals surface area (Å²) in [6.07, 6.45) is 4.67. The third-order valence-electron chi connectivity index (χ3n) is 7.25. The number of piperazine rings is 1. The van der Waals surface area contributed by atoms with Crippen LogP contribution in [0.25, 0.3) is 5.57 Å². The molecule has 1 saturated heterocycles. The Morgan fingerprint density at radius 2 is 1.81 bits per heavy atom. The number of aliphatic imine (C=N–C) groups is 1. The quantitative estimate of drug-likeness (QED) is 0.537. The van der Waals surface area contributed by atoms with Crippen molar-refractivity contribution < 1.29 is 0 Å². The molecule has 36 heavy (non-hydrogen) atoms. The topological polar surface area (TPSA) is 95.6 Å². The third-order valence-corrected chi connectivity index (χ3v) is 7.25. The third kappa shape index (κ3) is 5.76.